The van der Waals surface area contributed by atoms with Crippen LogP contribution in [-0.2, 0) is 10.0 Å². The van der Waals surface area contributed by atoms with Gasteiger partial charge < -0.3 is 10.2 Å². The molecule has 1 aliphatic rings. The number of rotatable bonds is 5. The van der Waals surface area contributed by atoms with Gasteiger partial charge in [-0.2, -0.15) is 0 Å². The quantitative estimate of drug-likeness (QED) is 0.788. The van der Waals surface area contributed by atoms with Crippen LogP contribution < -0.4 is 14.9 Å². The molecular weight excluding hydrogens is 382 g/mol. The Morgan fingerprint density at radius 3 is 2.44 bits per heavy atom. The molecule has 1 amide bonds. The highest BCUT2D eigenvalue weighted by Crippen LogP contribution is 2.36. The first-order valence-corrected chi connectivity index (χ1v) is 11.7. The number of sulfonamides is 1. The Morgan fingerprint density at radius 2 is 1.81 bits per heavy atom. The fourth-order valence-corrected chi connectivity index (χ4v) is 5.11. The van der Waals surface area contributed by atoms with Crippen LogP contribution >= 0.6 is 11.3 Å². The first kappa shape index (κ1) is 19.7. The molecule has 0 radical (unpaired) electrons. The minimum absolute atomic E-state index is 0.307. The van der Waals surface area contributed by atoms with E-state index in [2.05, 4.69) is 27.9 Å². The van der Waals surface area contributed by atoms with Crippen molar-refractivity contribution < 1.29 is 13.2 Å². The normalized spacial score (nSPS) is 14.4. The lowest BCUT2D eigenvalue weighted by atomic mass is 10.0. The highest BCUT2D eigenvalue weighted by molar-refractivity contribution is 7.92. The van der Waals surface area contributed by atoms with E-state index in [1.165, 1.54) is 35.4 Å². The molecule has 2 N–H and O–H groups in total. The van der Waals surface area contributed by atoms with Gasteiger partial charge in [-0.15, -0.1) is 11.3 Å². The van der Waals surface area contributed by atoms with E-state index in [0.717, 1.165) is 36.2 Å². The van der Waals surface area contributed by atoms with Crippen molar-refractivity contribution in [2.75, 3.05) is 34.3 Å². The SMILES string of the molecule is Cc1cc(C)c(N2CCCC2)c(C)c1NC(=O)c1sccc1NS(C)(=O)=O. The summed E-state index contributed by atoms with van der Waals surface area (Å²) in [7, 11) is -3.45. The summed E-state index contributed by atoms with van der Waals surface area (Å²) in [6.45, 7) is 8.18. The molecule has 0 unspecified atom stereocenters. The smallest absolute Gasteiger partial charge is 0.267 e. The van der Waals surface area contributed by atoms with Gasteiger partial charge in [0.15, 0.2) is 0 Å². The first-order valence-electron chi connectivity index (χ1n) is 8.90. The first-order chi connectivity index (χ1) is 12.7. The van der Waals surface area contributed by atoms with Gasteiger partial charge in [0.05, 0.1) is 11.9 Å². The van der Waals surface area contributed by atoms with Crippen LogP contribution in [0.15, 0.2) is 17.5 Å². The van der Waals surface area contributed by atoms with Gasteiger partial charge in [0.1, 0.15) is 4.88 Å². The van der Waals surface area contributed by atoms with Gasteiger partial charge >= 0.3 is 0 Å². The maximum Gasteiger partial charge on any atom is 0.267 e. The molecular formula is C19H25N3O3S2. The topological polar surface area (TPSA) is 78.5 Å². The Labute approximate surface area is 164 Å². The van der Waals surface area contributed by atoms with Crippen molar-refractivity contribution in [2.45, 2.75) is 33.6 Å². The summed E-state index contributed by atoms with van der Waals surface area (Å²) in [5.41, 5.74) is 5.55. The zero-order valence-corrected chi connectivity index (χ0v) is 17.7. The second kappa shape index (κ2) is 7.52. The molecule has 2 heterocycles. The summed E-state index contributed by atoms with van der Waals surface area (Å²) in [4.78, 5) is 15.6. The molecule has 8 heteroatoms. The molecule has 0 bridgehead atoms. The monoisotopic (exact) mass is 407 g/mol. The molecule has 0 aliphatic carbocycles. The summed E-state index contributed by atoms with van der Waals surface area (Å²) in [5.74, 6) is -0.307. The van der Waals surface area contributed by atoms with Crippen LogP contribution in [0.2, 0.25) is 0 Å². The van der Waals surface area contributed by atoms with E-state index >= 15 is 0 Å². The number of hydrogen-bond donors (Lipinski definition) is 2. The summed E-state index contributed by atoms with van der Waals surface area (Å²) < 4.78 is 25.5. The largest absolute Gasteiger partial charge is 0.371 e. The van der Waals surface area contributed by atoms with Gasteiger partial charge in [-0.05, 0) is 61.7 Å². The van der Waals surface area contributed by atoms with E-state index in [9.17, 15) is 13.2 Å². The Balaban J connectivity index is 1.93. The van der Waals surface area contributed by atoms with Crippen LogP contribution in [0.4, 0.5) is 17.1 Å². The van der Waals surface area contributed by atoms with Crippen LogP contribution in [0.5, 0.6) is 0 Å². The summed E-state index contributed by atoms with van der Waals surface area (Å²) in [6.07, 6.45) is 3.44. The van der Waals surface area contributed by atoms with Crippen molar-refractivity contribution >= 4 is 44.3 Å². The zero-order valence-electron chi connectivity index (χ0n) is 16.0. The number of amides is 1. The van der Waals surface area contributed by atoms with Crippen molar-refractivity contribution in [1.82, 2.24) is 0 Å². The molecule has 1 aliphatic heterocycles. The lowest BCUT2D eigenvalue weighted by Crippen LogP contribution is -2.22. The van der Waals surface area contributed by atoms with E-state index in [1.807, 2.05) is 13.8 Å². The van der Waals surface area contributed by atoms with Crippen LogP contribution in [0.3, 0.4) is 0 Å². The Morgan fingerprint density at radius 1 is 1.15 bits per heavy atom. The van der Waals surface area contributed by atoms with Crippen molar-refractivity contribution in [2.24, 2.45) is 0 Å². The van der Waals surface area contributed by atoms with Gasteiger partial charge in [-0.25, -0.2) is 8.42 Å². The number of hydrogen-bond acceptors (Lipinski definition) is 5. The van der Waals surface area contributed by atoms with Gasteiger partial charge in [-0.1, -0.05) is 6.07 Å². The number of anilines is 3. The maximum absolute atomic E-state index is 12.9. The number of nitrogens with one attached hydrogen (secondary N) is 2. The van der Waals surface area contributed by atoms with E-state index in [-0.39, 0.29) is 5.91 Å². The average molecular weight is 408 g/mol. The minimum atomic E-state index is -3.45. The number of nitrogens with zero attached hydrogens (tertiary/aromatic N) is 1. The standard InChI is InChI=1S/C19H25N3O3S2/c1-12-11-13(2)17(22-8-5-6-9-22)14(3)16(12)20-19(23)18-15(7-10-26-18)21-27(4,24)25/h7,10-11,21H,5-6,8-9H2,1-4H3,(H,20,23). The molecule has 1 fully saturated rings. The summed E-state index contributed by atoms with van der Waals surface area (Å²) >= 11 is 1.21. The number of carbonyl (C=O) groups excluding carboxylic acids is 1. The molecule has 2 aromatic rings. The van der Waals surface area contributed by atoms with E-state index < -0.39 is 10.0 Å². The molecule has 1 saturated heterocycles. The van der Waals surface area contributed by atoms with E-state index in [0.29, 0.717) is 10.6 Å². The molecule has 6 nitrogen and oxygen atoms in total. The minimum Gasteiger partial charge on any atom is -0.371 e. The second-order valence-corrected chi connectivity index (χ2v) is 9.71. The van der Waals surface area contributed by atoms with Crippen LogP contribution in [0.1, 0.15) is 39.2 Å². The fourth-order valence-electron chi connectivity index (χ4n) is 3.73. The Hall–Kier alpha value is -2.06. The molecule has 3 rings (SSSR count). The number of benzene rings is 1. The van der Waals surface area contributed by atoms with Crippen molar-refractivity contribution in [3.8, 4) is 0 Å². The molecule has 1 aromatic carbocycles. The van der Waals surface area contributed by atoms with Gasteiger partial charge in [0.2, 0.25) is 10.0 Å². The lowest BCUT2D eigenvalue weighted by molar-refractivity contribution is 0.103. The third kappa shape index (κ3) is 4.27. The Kier molecular flexibility index (Phi) is 5.48. The Bertz CT molecular complexity index is 974. The van der Waals surface area contributed by atoms with Crippen LogP contribution in [-0.4, -0.2) is 33.7 Å². The maximum atomic E-state index is 12.9. The number of aryl methyl sites for hydroxylation is 2. The highest BCUT2D eigenvalue weighted by atomic mass is 32.2. The summed E-state index contributed by atoms with van der Waals surface area (Å²) in [6, 6.07) is 3.70. The third-order valence-electron chi connectivity index (χ3n) is 4.76. The predicted molar refractivity (Wildman–Crippen MR) is 113 cm³/mol. The molecule has 0 spiro atoms. The van der Waals surface area contributed by atoms with Crippen molar-refractivity contribution in [3.05, 3.63) is 39.1 Å². The lowest BCUT2D eigenvalue weighted by Gasteiger charge is -2.26. The highest BCUT2D eigenvalue weighted by Gasteiger charge is 2.22. The van der Waals surface area contributed by atoms with E-state index in [4.69, 9.17) is 0 Å². The van der Waals surface area contributed by atoms with Gasteiger partial charge in [0.25, 0.3) is 5.91 Å². The second-order valence-electron chi connectivity index (χ2n) is 7.04. The summed E-state index contributed by atoms with van der Waals surface area (Å²) in [5, 5.41) is 4.71. The van der Waals surface area contributed by atoms with E-state index in [1.54, 1.807) is 11.4 Å². The van der Waals surface area contributed by atoms with Crippen LogP contribution in [0, 0.1) is 20.8 Å². The molecule has 0 atom stereocenters. The molecule has 0 saturated carbocycles. The van der Waals surface area contributed by atoms with Gasteiger partial charge in [0, 0.05) is 24.5 Å². The molecule has 27 heavy (non-hydrogen) atoms. The number of thiophene rings is 1. The zero-order chi connectivity index (χ0) is 19.8. The average Bonchev–Trinajstić information content (AvgIpc) is 3.21. The number of carbonyl (C=O) groups is 1. The molecule has 1 aromatic heterocycles. The van der Waals surface area contributed by atoms with Crippen LogP contribution in [0.25, 0.3) is 0 Å². The fraction of sp³-hybridized carbons (Fsp3) is 0.421. The molecule has 146 valence electrons. The van der Waals surface area contributed by atoms with Gasteiger partial charge in [-0.3, -0.25) is 9.52 Å². The van der Waals surface area contributed by atoms with Crippen molar-refractivity contribution in [1.29, 1.82) is 0 Å². The third-order valence-corrected chi connectivity index (χ3v) is 6.26. The predicted octanol–water partition coefficient (Wildman–Crippen LogP) is 3.90. The van der Waals surface area contributed by atoms with Crippen molar-refractivity contribution in [3.63, 3.8) is 0 Å².